The number of halogens is 1. The van der Waals surface area contributed by atoms with Crippen molar-refractivity contribution in [1.82, 2.24) is 14.5 Å². The first-order valence-corrected chi connectivity index (χ1v) is 11.1. The average Bonchev–Trinajstić information content (AvgIpc) is 3.28. The molecular weight excluding hydrogens is 440 g/mol. The largest absolute Gasteiger partial charge is 0.495 e. The van der Waals surface area contributed by atoms with Crippen LogP contribution in [0.3, 0.4) is 0 Å². The molecule has 0 saturated carbocycles. The smallest absolute Gasteiger partial charge is 0.263 e. The van der Waals surface area contributed by atoms with Crippen molar-refractivity contribution in [2.45, 2.75) is 30.6 Å². The van der Waals surface area contributed by atoms with Gasteiger partial charge in [0.05, 0.1) is 36.6 Å². The third-order valence-corrected chi connectivity index (χ3v) is 6.08. The van der Waals surface area contributed by atoms with E-state index in [1.54, 1.807) is 41.1 Å². The quantitative estimate of drug-likeness (QED) is 0.426. The summed E-state index contributed by atoms with van der Waals surface area (Å²) in [6, 6.07) is 8.40. The molecule has 4 rings (SSSR count). The zero-order valence-corrected chi connectivity index (χ0v) is 18.4. The SMILES string of the molecule is COc1ccc(Cl)cc1NC(=O)CSc1nc2ncccc2c(=O)n1C[C@H]1CCCO1. The predicted octanol–water partition coefficient (Wildman–Crippen LogP) is 3.36. The van der Waals surface area contributed by atoms with Crippen molar-refractivity contribution in [2.75, 3.05) is 24.8 Å². The van der Waals surface area contributed by atoms with Crippen LogP contribution < -0.4 is 15.6 Å². The van der Waals surface area contributed by atoms with Crippen molar-refractivity contribution in [3.63, 3.8) is 0 Å². The lowest BCUT2D eigenvalue weighted by molar-refractivity contribution is -0.113. The first-order chi connectivity index (χ1) is 15.0. The van der Waals surface area contributed by atoms with E-state index in [0.29, 0.717) is 45.8 Å². The maximum Gasteiger partial charge on any atom is 0.263 e. The lowest BCUT2D eigenvalue weighted by atomic mass is 10.2. The van der Waals surface area contributed by atoms with Gasteiger partial charge in [-0.25, -0.2) is 9.97 Å². The molecule has 0 bridgehead atoms. The van der Waals surface area contributed by atoms with E-state index in [4.69, 9.17) is 21.1 Å². The maximum absolute atomic E-state index is 13.1. The number of benzene rings is 1. The Bertz CT molecular complexity index is 1160. The summed E-state index contributed by atoms with van der Waals surface area (Å²) < 4.78 is 12.5. The maximum atomic E-state index is 13.1. The Kier molecular flexibility index (Phi) is 6.74. The highest BCUT2D eigenvalue weighted by atomic mass is 35.5. The number of rotatable bonds is 7. The molecule has 1 fully saturated rings. The van der Waals surface area contributed by atoms with Gasteiger partial charge in [-0.3, -0.25) is 14.2 Å². The molecule has 0 radical (unpaired) electrons. The number of carbonyl (C=O) groups is 1. The molecule has 0 spiro atoms. The van der Waals surface area contributed by atoms with Crippen molar-refractivity contribution < 1.29 is 14.3 Å². The highest BCUT2D eigenvalue weighted by Gasteiger charge is 2.21. The van der Waals surface area contributed by atoms with Gasteiger partial charge in [-0.1, -0.05) is 23.4 Å². The Hall–Kier alpha value is -2.62. The molecule has 1 saturated heterocycles. The lowest BCUT2D eigenvalue weighted by Gasteiger charge is -2.16. The number of anilines is 1. The van der Waals surface area contributed by atoms with Crippen LogP contribution >= 0.6 is 23.4 Å². The third kappa shape index (κ3) is 5.00. The number of nitrogens with one attached hydrogen (secondary N) is 1. The number of thioether (sulfide) groups is 1. The summed E-state index contributed by atoms with van der Waals surface area (Å²) >= 11 is 7.20. The van der Waals surface area contributed by atoms with E-state index in [2.05, 4.69) is 15.3 Å². The molecule has 8 nitrogen and oxygen atoms in total. The molecule has 1 aliphatic rings. The summed E-state index contributed by atoms with van der Waals surface area (Å²) in [6.07, 6.45) is 3.40. The molecule has 31 heavy (non-hydrogen) atoms. The van der Waals surface area contributed by atoms with E-state index in [-0.39, 0.29) is 23.3 Å². The third-order valence-electron chi connectivity index (χ3n) is 4.87. The fourth-order valence-electron chi connectivity index (χ4n) is 3.39. The first-order valence-electron chi connectivity index (χ1n) is 9.78. The van der Waals surface area contributed by atoms with Crippen LogP contribution in [0.25, 0.3) is 11.0 Å². The Labute approximate surface area is 187 Å². The van der Waals surface area contributed by atoms with Crippen molar-refractivity contribution >= 4 is 46.0 Å². The summed E-state index contributed by atoms with van der Waals surface area (Å²) in [5.41, 5.74) is 0.647. The van der Waals surface area contributed by atoms with Crippen molar-refractivity contribution in [3.05, 3.63) is 51.9 Å². The van der Waals surface area contributed by atoms with Gasteiger partial charge >= 0.3 is 0 Å². The topological polar surface area (TPSA) is 95.3 Å². The Morgan fingerprint density at radius 2 is 2.29 bits per heavy atom. The first kappa shape index (κ1) is 21.6. The van der Waals surface area contributed by atoms with E-state index in [1.807, 2.05) is 0 Å². The van der Waals surface area contributed by atoms with Gasteiger partial charge in [0.25, 0.3) is 5.56 Å². The summed E-state index contributed by atoms with van der Waals surface area (Å²) in [5, 5.41) is 4.15. The van der Waals surface area contributed by atoms with Crippen LogP contribution in [0.4, 0.5) is 5.69 Å². The minimum Gasteiger partial charge on any atom is -0.495 e. The molecule has 1 aliphatic heterocycles. The van der Waals surface area contributed by atoms with Crippen LogP contribution in [0.15, 0.2) is 46.5 Å². The van der Waals surface area contributed by atoms with Gasteiger partial charge in [-0.05, 0) is 43.2 Å². The van der Waals surface area contributed by atoms with E-state index in [0.717, 1.165) is 12.8 Å². The number of fused-ring (bicyclic) bond motifs is 1. The van der Waals surface area contributed by atoms with Gasteiger partial charge in [0, 0.05) is 17.8 Å². The molecule has 10 heteroatoms. The monoisotopic (exact) mass is 460 g/mol. The van der Waals surface area contributed by atoms with Gasteiger partial charge in [0.15, 0.2) is 10.8 Å². The number of hydrogen-bond donors (Lipinski definition) is 1. The fourth-order valence-corrected chi connectivity index (χ4v) is 4.36. The second kappa shape index (κ2) is 9.67. The summed E-state index contributed by atoms with van der Waals surface area (Å²) in [4.78, 5) is 34.4. The molecule has 0 unspecified atom stereocenters. The van der Waals surface area contributed by atoms with Gasteiger partial charge in [-0.15, -0.1) is 0 Å². The second-order valence-corrected chi connectivity index (χ2v) is 8.38. The molecular formula is C21H21ClN4O4S. The second-order valence-electron chi connectivity index (χ2n) is 7.00. The van der Waals surface area contributed by atoms with Crippen LogP contribution in [-0.2, 0) is 16.1 Å². The molecule has 3 aromatic rings. The zero-order valence-electron chi connectivity index (χ0n) is 16.8. The van der Waals surface area contributed by atoms with E-state index < -0.39 is 0 Å². The molecule has 1 amide bonds. The molecule has 1 N–H and O–H groups in total. The highest BCUT2D eigenvalue weighted by Crippen LogP contribution is 2.28. The van der Waals surface area contributed by atoms with E-state index >= 15 is 0 Å². The van der Waals surface area contributed by atoms with E-state index in [9.17, 15) is 9.59 Å². The normalized spacial score (nSPS) is 15.9. The van der Waals surface area contributed by atoms with Crippen molar-refractivity contribution in [1.29, 1.82) is 0 Å². The van der Waals surface area contributed by atoms with Crippen molar-refractivity contribution in [2.24, 2.45) is 0 Å². The van der Waals surface area contributed by atoms with Crippen LogP contribution in [0, 0.1) is 0 Å². The van der Waals surface area contributed by atoms with Crippen LogP contribution in [0.2, 0.25) is 5.02 Å². The Balaban J connectivity index is 1.56. The van der Waals surface area contributed by atoms with Crippen molar-refractivity contribution in [3.8, 4) is 5.75 Å². The molecule has 2 aromatic heterocycles. The Morgan fingerprint density at radius 1 is 1.42 bits per heavy atom. The molecule has 3 heterocycles. The number of carbonyl (C=O) groups excluding carboxylic acids is 1. The van der Waals surface area contributed by atoms with Gasteiger partial charge in [0.2, 0.25) is 5.91 Å². The standard InChI is InChI=1S/C21H21ClN4O4S/c1-29-17-7-6-13(22)10-16(17)24-18(27)12-31-21-25-19-15(5-2-8-23-19)20(28)26(21)11-14-4-3-9-30-14/h2,5-8,10,14H,3-4,9,11-12H2,1H3,(H,24,27)/t14-/m1/s1. The van der Waals surface area contributed by atoms with E-state index in [1.165, 1.54) is 18.9 Å². The number of methoxy groups -OCH3 is 1. The number of nitrogens with zero attached hydrogens (tertiary/aromatic N) is 3. The minimum atomic E-state index is -0.274. The number of ether oxygens (including phenoxy) is 2. The van der Waals surface area contributed by atoms with Crippen LogP contribution in [-0.4, -0.2) is 46.0 Å². The summed E-state index contributed by atoms with van der Waals surface area (Å²) in [5.74, 6) is 0.280. The number of aromatic nitrogens is 3. The number of amides is 1. The molecule has 1 atom stereocenters. The Morgan fingerprint density at radius 3 is 3.06 bits per heavy atom. The zero-order chi connectivity index (χ0) is 21.8. The molecule has 162 valence electrons. The molecule has 1 aromatic carbocycles. The number of hydrogen-bond acceptors (Lipinski definition) is 7. The van der Waals surface area contributed by atoms with Gasteiger partial charge in [0.1, 0.15) is 5.75 Å². The number of pyridine rings is 1. The minimum absolute atomic E-state index is 0.0440. The summed E-state index contributed by atoms with van der Waals surface area (Å²) in [6.45, 7) is 1.08. The van der Waals surface area contributed by atoms with Gasteiger partial charge in [-0.2, -0.15) is 0 Å². The molecule has 0 aliphatic carbocycles. The highest BCUT2D eigenvalue weighted by molar-refractivity contribution is 7.99. The predicted molar refractivity (Wildman–Crippen MR) is 120 cm³/mol. The lowest BCUT2D eigenvalue weighted by Crippen LogP contribution is -2.29. The van der Waals surface area contributed by atoms with Gasteiger partial charge < -0.3 is 14.8 Å². The fraction of sp³-hybridized carbons (Fsp3) is 0.333. The van der Waals surface area contributed by atoms with Crippen LogP contribution in [0.1, 0.15) is 12.8 Å². The summed E-state index contributed by atoms with van der Waals surface area (Å²) in [7, 11) is 1.52. The average molecular weight is 461 g/mol. The van der Waals surface area contributed by atoms with Crippen LogP contribution in [0.5, 0.6) is 5.75 Å².